The van der Waals surface area contributed by atoms with Gasteiger partial charge in [0.15, 0.2) is 0 Å². The molecule has 0 spiro atoms. The van der Waals surface area contributed by atoms with Crippen molar-refractivity contribution in [2.75, 3.05) is 6.61 Å². The van der Waals surface area contributed by atoms with Gasteiger partial charge >= 0.3 is 0 Å². The Morgan fingerprint density at radius 1 is 1.13 bits per heavy atom. The average Bonchev–Trinajstić information content (AvgIpc) is 2.15. The molecule has 1 atom stereocenters. The minimum Gasteiger partial charge on any atom is -0.206 e. The van der Waals surface area contributed by atoms with E-state index in [9.17, 15) is 0 Å². The van der Waals surface area contributed by atoms with E-state index in [1.165, 1.54) is 19.3 Å². The van der Waals surface area contributed by atoms with Crippen LogP contribution < -0.4 is 0 Å². The van der Waals surface area contributed by atoms with Gasteiger partial charge in [-0.1, -0.05) is 38.1 Å². The van der Waals surface area contributed by atoms with Crippen molar-refractivity contribution in [3.8, 4) is 0 Å². The molecule has 0 aromatic rings. The molecule has 0 N–H and O–H groups in total. The van der Waals surface area contributed by atoms with Gasteiger partial charge in [0, 0.05) is 0 Å². The molecule has 15 heavy (non-hydrogen) atoms. The van der Waals surface area contributed by atoms with Gasteiger partial charge in [-0.2, -0.15) is 0 Å². The summed E-state index contributed by atoms with van der Waals surface area (Å²) in [4.78, 5) is 10.0. The Hall–Kier alpha value is -0.120. The molecule has 0 aromatic carbocycles. The van der Waals surface area contributed by atoms with Crippen LogP contribution in [0.1, 0.15) is 60.3 Å². The van der Waals surface area contributed by atoms with Crippen molar-refractivity contribution in [1.82, 2.24) is 0 Å². The van der Waals surface area contributed by atoms with Crippen LogP contribution in [-0.2, 0) is 14.8 Å². The fourth-order valence-electron chi connectivity index (χ4n) is 1.15. The first-order chi connectivity index (χ1) is 6.99. The number of hydrogen-bond donors (Lipinski definition) is 0. The van der Waals surface area contributed by atoms with Gasteiger partial charge in [-0.3, -0.25) is 0 Å². The summed E-state index contributed by atoms with van der Waals surface area (Å²) in [5.74, 6) is 0.577. The molecule has 3 heteroatoms. The van der Waals surface area contributed by atoms with E-state index in [4.69, 9.17) is 14.8 Å². The normalized spacial score (nSPS) is 14.2. The standard InChI is InChI=1S/C12H26O3/c1-6-8-9-11(7-2)10-13-15-14-12(3,4)5/h11H,6-10H2,1-5H3. The highest BCUT2D eigenvalue weighted by molar-refractivity contribution is 4.55. The van der Waals surface area contributed by atoms with Crippen LogP contribution >= 0.6 is 0 Å². The van der Waals surface area contributed by atoms with Crippen molar-refractivity contribution in [1.29, 1.82) is 0 Å². The second-order valence-corrected chi connectivity index (χ2v) is 4.96. The Labute approximate surface area is 94.0 Å². The summed E-state index contributed by atoms with van der Waals surface area (Å²) in [6.45, 7) is 10.8. The third kappa shape index (κ3) is 10.2. The summed E-state index contributed by atoms with van der Waals surface area (Å²) < 4.78 is 0. The van der Waals surface area contributed by atoms with Gasteiger partial charge in [0.25, 0.3) is 0 Å². The molecule has 0 bridgehead atoms. The number of unbranched alkanes of at least 4 members (excludes halogenated alkanes) is 1. The van der Waals surface area contributed by atoms with E-state index in [1.807, 2.05) is 20.8 Å². The third-order valence-corrected chi connectivity index (χ3v) is 2.18. The molecule has 0 fully saturated rings. The molecule has 3 nitrogen and oxygen atoms in total. The first-order valence-corrected chi connectivity index (χ1v) is 5.97. The second-order valence-electron chi connectivity index (χ2n) is 4.96. The van der Waals surface area contributed by atoms with Crippen LogP contribution in [0.2, 0.25) is 0 Å². The summed E-state index contributed by atoms with van der Waals surface area (Å²) in [7, 11) is 0. The molecule has 0 saturated carbocycles. The zero-order chi connectivity index (χ0) is 11.7. The topological polar surface area (TPSA) is 27.7 Å². The van der Waals surface area contributed by atoms with E-state index in [0.29, 0.717) is 12.5 Å². The molecule has 0 heterocycles. The summed E-state index contributed by atoms with van der Waals surface area (Å²) in [6.07, 6.45) is 4.81. The van der Waals surface area contributed by atoms with Gasteiger partial charge in [-0.25, -0.2) is 9.78 Å². The van der Waals surface area contributed by atoms with E-state index in [2.05, 4.69) is 13.8 Å². The SMILES string of the molecule is CCCCC(CC)COOOC(C)(C)C. The monoisotopic (exact) mass is 218 g/mol. The average molecular weight is 218 g/mol. The van der Waals surface area contributed by atoms with Gasteiger partial charge in [0.05, 0.1) is 12.2 Å². The molecule has 0 aliphatic rings. The van der Waals surface area contributed by atoms with Crippen LogP contribution in [0.3, 0.4) is 0 Å². The molecule has 0 amide bonds. The quantitative estimate of drug-likeness (QED) is 0.351. The number of rotatable bonds is 8. The molecular formula is C12H26O3. The highest BCUT2D eigenvalue weighted by Crippen LogP contribution is 2.14. The largest absolute Gasteiger partial charge is 0.206 e. The highest BCUT2D eigenvalue weighted by atomic mass is 17.5. The third-order valence-electron chi connectivity index (χ3n) is 2.18. The molecule has 1 unspecified atom stereocenters. The van der Waals surface area contributed by atoms with Crippen LogP contribution in [0.25, 0.3) is 0 Å². The Bertz CT molecular complexity index is 140. The van der Waals surface area contributed by atoms with Gasteiger partial charge < -0.3 is 0 Å². The summed E-state index contributed by atoms with van der Waals surface area (Å²) in [5.41, 5.74) is -0.314. The molecule has 0 aliphatic carbocycles. The first-order valence-electron chi connectivity index (χ1n) is 5.97. The number of hydrogen-bond acceptors (Lipinski definition) is 3. The lowest BCUT2D eigenvalue weighted by atomic mass is 10.0. The zero-order valence-electron chi connectivity index (χ0n) is 10.8. The van der Waals surface area contributed by atoms with Crippen LogP contribution in [0.4, 0.5) is 0 Å². The molecule has 0 saturated heterocycles. The zero-order valence-corrected chi connectivity index (χ0v) is 10.8. The van der Waals surface area contributed by atoms with E-state index in [1.54, 1.807) is 0 Å². The van der Waals surface area contributed by atoms with Crippen LogP contribution in [0, 0.1) is 5.92 Å². The maximum absolute atomic E-state index is 5.04. The van der Waals surface area contributed by atoms with E-state index >= 15 is 0 Å². The van der Waals surface area contributed by atoms with E-state index in [-0.39, 0.29) is 5.60 Å². The minimum atomic E-state index is -0.314. The Morgan fingerprint density at radius 3 is 2.27 bits per heavy atom. The fourth-order valence-corrected chi connectivity index (χ4v) is 1.15. The Kier molecular flexibility index (Phi) is 8.02. The van der Waals surface area contributed by atoms with E-state index in [0.717, 1.165) is 6.42 Å². The Morgan fingerprint density at radius 2 is 1.80 bits per heavy atom. The summed E-state index contributed by atoms with van der Waals surface area (Å²) >= 11 is 0. The van der Waals surface area contributed by atoms with Crippen molar-refractivity contribution in [2.24, 2.45) is 5.92 Å². The van der Waals surface area contributed by atoms with Gasteiger partial charge in [0.1, 0.15) is 0 Å². The van der Waals surface area contributed by atoms with Gasteiger partial charge in [-0.05, 0) is 33.1 Å². The van der Waals surface area contributed by atoms with Crippen molar-refractivity contribution in [2.45, 2.75) is 65.9 Å². The van der Waals surface area contributed by atoms with Crippen LogP contribution in [0.15, 0.2) is 0 Å². The molecule has 0 rings (SSSR count). The first kappa shape index (κ1) is 14.9. The van der Waals surface area contributed by atoms with Gasteiger partial charge in [0.2, 0.25) is 0 Å². The predicted molar refractivity (Wildman–Crippen MR) is 61.2 cm³/mol. The highest BCUT2D eigenvalue weighted by Gasteiger charge is 2.13. The van der Waals surface area contributed by atoms with Crippen molar-refractivity contribution in [3.05, 3.63) is 0 Å². The minimum absolute atomic E-state index is 0.314. The lowest BCUT2D eigenvalue weighted by Crippen LogP contribution is -2.20. The maximum Gasteiger partial charge on any atom is 0.0983 e. The van der Waals surface area contributed by atoms with Gasteiger partial charge in [-0.15, -0.1) is 0 Å². The predicted octanol–water partition coefficient (Wildman–Crippen LogP) is 3.88. The summed E-state index contributed by atoms with van der Waals surface area (Å²) in [6, 6.07) is 0. The lowest BCUT2D eigenvalue weighted by molar-refractivity contribution is -0.540. The van der Waals surface area contributed by atoms with Crippen molar-refractivity contribution >= 4 is 0 Å². The molecule has 0 aliphatic heterocycles. The maximum atomic E-state index is 5.04. The second kappa shape index (κ2) is 8.08. The van der Waals surface area contributed by atoms with Crippen LogP contribution in [0.5, 0.6) is 0 Å². The Balaban J connectivity index is 3.46. The molecule has 0 aromatic heterocycles. The summed E-state index contributed by atoms with van der Waals surface area (Å²) in [5, 5.41) is 4.71. The fraction of sp³-hybridized carbons (Fsp3) is 1.00. The smallest absolute Gasteiger partial charge is 0.0983 e. The van der Waals surface area contributed by atoms with E-state index < -0.39 is 0 Å². The molecule has 0 radical (unpaired) electrons. The lowest BCUT2D eigenvalue weighted by Gasteiger charge is -2.18. The van der Waals surface area contributed by atoms with Crippen molar-refractivity contribution in [3.63, 3.8) is 0 Å². The molecule has 92 valence electrons. The van der Waals surface area contributed by atoms with Crippen molar-refractivity contribution < 1.29 is 14.8 Å². The molecular weight excluding hydrogens is 192 g/mol. The van der Waals surface area contributed by atoms with Crippen LogP contribution in [-0.4, -0.2) is 12.2 Å².